The van der Waals surface area contributed by atoms with Crippen LogP contribution in [0.25, 0.3) is 0 Å². The van der Waals surface area contributed by atoms with Crippen molar-refractivity contribution in [2.75, 3.05) is 33.3 Å². The summed E-state index contributed by atoms with van der Waals surface area (Å²) in [5, 5.41) is 9.40. The van der Waals surface area contributed by atoms with Crippen LogP contribution in [0.15, 0.2) is 29.2 Å². The standard InChI is InChI=1S/C21H32N4O4S/c1-15(2)19(14-22)24-10-12-25(13-11-24)21(26)20(16(3)4)23-30(27,28)18-8-6-17(29-5)7-9-18/h6-9,15-16,19-20,23H,10-13H2,1-5H3/t19?,20-/m0/s1. The fraction of sp³-hybridized carbons (Fsp3) is 0.619. The lowest BCUT2D eigenvalue weighted by molar-refractivity contribution is -0.136. The van der Waals surface area contributed by atoms with Crippen molar-refractivity contribution in [2.24, 2.45) is 11.8 Å². The maximum Gasteiger partial charge on any atom is 0.241 e. The van der Waals surface area contributed by atoms with E-state index in [1.54, 1.807) is 17.0 Å². The van der Waals surface area contributed by atoms with Crippen LogP contribution in [0.3, 0.4) is 0 Å². The minimum Gasteiger partial charge on any atom is -0.497 e. The first-order valence-electron chi connectivity index (χ1n) is 10.2. The second kappa shape index (κ2) is 10.2. The third kappa shape index (κ3) is 5.72. The number of nitriles is 1. The maximum absolute atomic E-state index is 13.1. The average Bonchev–Trinajstić information content (AvgIpc) is 2.72. The zero-order chi connectivity index (χ0) is 22.5. The van der Waals surface area contributed by atoms with Crippen LogP contribution < -0.4 is 9.46 Å². The van der Waals surface area contributed by atoms with Crippen LogP contribution in [-0.4, -0.2) is 69.5 Å². The van der Waals surface area contributed by atoms with Gasteiger partial charge in [0.1, 0.15) is 17.8 Å². The number of benzene rings is 1. The number of piperazine rings is 1. The summed E-state index contributed by atoms with van der Waals surface area (Å²) in [6.45, 7) is 9.78. The Labute approximate surface area is 179 Å². The molecule has 0 radical (unpaired) electrons. The number of methoxy groups -OCH3 is 1. The van der Waals surface area contributed by atoms with Gasteiger partial charge in [-0.25, -0.2) is 8.42 Å². The molecule has 1 unspecified atom stereocenters. The van der Waals surface area contributed by atoms with Gasteiger partial charge in [-0.1, -0.05) is 27.7 Å². The number of hydrogen-bond donors (Lipinski definition) is 1. The van der Waals surface area contributed by atoms with Crippen LogP contribution in [0.2, 0.25) is 0 Å². The lowest BCUT2D eigenvalue weighted by Crippen LogP contribution is -2.58. The molecule has 166 valence electrons. The van der Waals surface area contributed by atoms with Gasteiger partial charge in [0.05, 0.1) is 18.1 Å². The van der Waals surface area contributed by atoms with Crippen molar-refractivity contribution in [1.29, 1.82) is 5.26 Å². The molecule has 1 aromatic carbocycles. The molecule has 1 saturated heterocycles. The molecule has 0 aromatic heterocycles. The third-order valence-electron chi connectivity index (χ3n) is 5.37. The Morgan fingerprint density at radius 2 is 1.63 bits per heavy atom. The van der Waals surface area contributed by atoms with Crippen molar-refractivity contribution < 1.29 is 17.9 Å². The topological polar surface area (TPSA) is 103 Å². The maximum atomic E-state index is 13.1. The van der Waals surface area contributed by atoms with Crippen molar-refractivity contribution >= 4 is 15.9 Å². The summed E-state index contributed by atoms with van der Waals surface area (Å²) in [6, 6.07) is 7.34. The fourth-order valence-electron chi connectivity index (χ4n) is 3.53. The predicted molar refractivity (Wildman–Crippen MR) is 114 cm³/mol. The first-order chi connectivity index (χ1) is 14.1. The Balaban J connectivity index is 2.09. The molecule has 0 saturated carbocycles. The second-order valence-corrected chi connectivity index (χ2v) is 9.91. The molecule has 2 rings (SSSR count). The van der Waals surface area contributed by atoms with E-state index in [0.717, 1.165) is 0 Å². The quantitative estimate of drug-likeness (QED) is 0.665. The SMILES string of the molecule is COc1ccc(S(=O)(=O)N[C@H](C(=O)N2CCN(C(C#N)C(C)C)CC2)C(C)C)cc1. The zero-order valence-corrected chi connectivity index (χ0v) is 19.1. The van der Waals surface area contributed by atoms with E-state index in [2.05, 4.69) is 15.7 Å². The van der Waals surface area contributed by atoms with Gasteiger partial charge in [0.25, 0.3) is 0 Å². The molecule has 9 heteroatoms. The highest BCUT2D eigenvalue weighted by Gasteiger charge is 2.34. The number of nitrogens with zero attached hydrogens (tertiary/aromatic N) is 3. The molecule has 1 aromatic rings. The molecule has 1 aliphatic rings. The molecule has 30 heavy (non-hydrogen) atoms. The second-order valence-electron chi connectivity index (χ2n) is 8.20. The summed E-state index contributed by atoms with van der Waals surface area (Å²) in [5.41, 5.74) is 0. The summed E-state index contributed by atoms with van der Waals surface area (Å²) >= 11 is 0. The number of amides is 1. The summed E-state index contributed by atoms with van der Waals surface area (Å²) in [5.74, 6) is 0.309. The highest BCUT2D eigenvalue weighted by atomic mass is 32.2. The first kappa shape index (κ1) is 24.1. The molecule has 1 heterocycles. The highest BCUT2D eigenvalue weighted by molar-refractivity contribution is 7.89. The number of hydrogen-bond acceptors (Lipinski definition) is 6. The van der Waals surface area contributed by atoms with Gasteiger partial charge in [0, 0.05) is 26.2 Å². The van der Waals surface area contributed by atoms with Gasteiger partial charge in [-0.3, -0.25) is 9.69 Å². The Morgan fingerprint density at radius 1 is 1.07 bits per heavy atom. The molecule has 8 nitrogen and oxygen atoms in total. The number of carbonyl (C=O) groups excluding carboxylic acids is 1. The van der Waals surface area contributed by atoms with Gasteiger partial charge in [-0.15, -0.1) is 0 Å². The van der Waals surface area contributed by atoms with Gasteiger partial charge in [-0.2, -0.15) is 9.98 Å². The number of nitrogens with one attached hydrogen (secondary N) is 1. The number of sulfonamides is 1. The van der Waals surface area contributed by atoms with E-state index in [1.165, 1.54) is 19.2 Å². The summed E-state index contributed by atoms with van der Waals surface area (Å²) in [7, 11) is -2.35. The van der Waals surface area contributed by atoms with Crippen molar-refractivity contribution in [3.05, 3.63) is 24.3 Å². The van der Waals surface area contributed by atoms with Crippen LogP contribution in [0, 0.1) is 23.2 Å². The largest absolute Gasteiger partial charge is 0.497 e. The van der Waals surface area contributed by atoms with E-state index in [4.69, 9.17) is 4.74 Å². The lowest BCUT2D eigenvalue weighted by Gasteiger charge is -2.39. The van der Waals surface area contributed by atoms with Crippen molar-refractivity contribution in [3.63, 3.8) is 0 Å². The Hall–Kier alpha value is -2.15. The Morgan fingerprint density at radius 3 is 2.07 bits per heavy atom. The minimum absolute atomic E-state index is 0.0837. The van der Waals surface area contributed by atoms with E-state index < -0.39 is 16.1 Å². The number of carbonyl (C=O) groups is 1. The minimum atomic E-state index is -3.86. The van der Waals surface area contributed by atoms with Crippen molar-refractivity contribution in [2.45, 2.75) is 44.7 Å². The summed E-state index contributed by atoms with van der Waals surface area (Å²) in [4.78, 5) is 17.0. The van der Waals surface area contributed by atoms with Crippen LogP contribution in [-0.2, 0) is 14.8 Å². The van der Waals surface area contributed by atoms with Crippen LogP contribution in [0.4, 0.5) is 0 Å². The highest BCUT2D eigenvalue weighted by Crippen LogP contribution is 2.19. The van der Waals surface area contributed by atoms with Gasteiger partial charge < -0.3 is 9.64 Å². The molecule has 2 atom stereocenters. The summed E-state index contributed by atoms with van der Waals surface area (Å²) in [6.07, 6.45) is 0. The number of ether oxygens (including phenoxy) is 1. The molecular weight excluding hydrogens is 404 g/mol. The third-order valence-corrected chi connectivity index (χ3v) is 6.82. The van der Waals surface area contributed by atoms with Gasteiger partial charge in [0.15, 0.2) is 0 Å². The molecule has 1 amide bonds. The Kier molecular flexibility index (Phi) is 8.24. The molecule has 0 spiro atoms. The van der Waals surface area contributed by atoms with Crippen molar-refractivity contribution in [1.82, 2.24) is 14.5 Å². The van der Waals surface area contributed by atoms with E-state index in [0.29, 0.717) is 31.9 Å². The van der Waals surface area contributed by atoms with Crippen LogP contribution in [0.1, 0.15) is 27.7 Å². The van der Waals surface area contributed by atoms with Crippen LogP contribution in [0.5, 0.6) is 5.75 Å². The Bertz CT molecular complexity index is 854. The van der Waals surface area contributed by atoms with Crippen LogP contribution >= 0.6 is 0 Å². The summed E-state index contributed by atoms with van der Waals surface area (Å²) < 4.78 is 33.3. The molecule has 1 N–H and O–H groups in total. The van der Waals surface area contributed by atoms with E-state index >= 15 is 0 Å². The van der Waals surface area contributed by atoms with Gasteiger partial charge >= 0.3 is 0 Å². The molecule has 0 aliphatic carbocycles. The van der Waals surface area contributed by atoms with Gasteiger partial charge in [-0.05, 0) is 36.1 Å². The molecule has 1 fully saturated rings. The number of rotatable bonds is 8. The van der Waals surface area contributed by atoms with E-state index in [9.17, 15) is 18.5 Å². The predicted octanol–water partition coefficient (Wildman–Crippen LogP) is 1.69. The monoisotopic (exact) mass is 436 g/mol. The molecule has 0 bridgehead atoms. The first-order valence-corrected chi connectivity index (χ1v) is 11.7. The van der Waals surface area contributed by atoms with Crippen molar-refractivity contribution in [3.8, 4) is 11.8 Å². The fourth-order valence-corrected chi connectivity index (χ4v) is 4.87. The smallest absolute Gasteiger partial charge is 0.241 e. The zero-order valence-electron chi connectivity index (χ0n) is 18.3. The van der Waals surface area contributed by atoms with E-state index in [1.807, 2.05) is 27.7 Å². The van der Waals surface area contributed by atoms with E-state index in [-0.39, 0.29) is 28.7 Å². The lowest BCUT2D eigenvalue weighted by atomic mass is 10.0. The van der Waals surface area contributed by atoms with Gasteiger partial charge in [0.2, 0.25) is 15.9 Å². The molecular formula is C21H32N4O4S. The normalized spacial score (nSPS) is 17.6. The molecule has 1 aliphatic heterocycles. The average molecular weight is 437 g/mol.